The summed E-state index contributed by atoms with van der Waals surface area (Å²) in [6.45, 7) is 3.08. The second-order valence-corrected chi connectivity index (χ2v) is 5.47. The minimum atomic E-state index is -0.0137. The van der Waals surface area contributed by atoms with E-state index in [1.54, 1.807) is 0 Å². The molecule has 1 aromatic heterocycles. The van der Waals surface area contributed by atoms with Crippen molar-refractivity contribution in [1.82, 2.24) is 9.78 Å². The molecule has 3 rings (SSSR count). The highest BCUT2D eigenvalue weighted by atomic mass is 15.3. The smallest absolute Gasteiger partial charge is 0.0554 e. The van der Waals surface area contributed by atoms with Crippen molar-refractivity contribution in [3.63, 3.8) is 0 Å². The zero-order valence-electron chi connectivity index (χ0n) is 12.4. The number of benzene rings is 2. The lowest BCUT2D eigenvalue weighted by molar-refractivity contribution is 0.538. The molecular formula is C18H21N3. The van der Waals surface area contributed by atoms with Gasteiger partial charge in [0.25, 0.3) is 0 Å². The van der Waals surface area contributed by atoms with Crippen molar-refractivity contribution in [2.45, 2.75) is 32.4 Å². The van der Waals surface area contributed by atoms with Gasteiger partial charge in [-0.25, -0.2) is 0 Å². The molecule has 0 radical (unpaired) electrons. The van der Waals surface area contributed by atoms with Crippen molar-refractivity contribution < 1.29 is 0 Å². The van der Waals surface area contributed by atoms with E-state index in [2.05, 4.69) is 54.5 Å². The molecule has 0 saturated carbocycles. The molecule has 21 heavy (non-hydrogen) atoms. The Bertz CT molecular complexity index is 730. The fourth-order valence-corrected chi connectivity index (χ4v) is 2.78. The van der Waals surface area contributed by atoms with Crippen LogP contribution in [0, 0.1) is 0 Å². The zero-order chi connectivity index (χ0) is 14.7. The summed E-state index contributed by atoms with van der Waals surface area (Å²) in [5.74, 6) is 0. The summed E-state index contributed by atoms with van der Waals surface area (Å²) < 4.78 is 2.02. The average Bonchev–Trinajstić information content (AvgIpc) is 2.96. The minimum absolute atomic E-state index is 0.0137. The third-order valence-corrected chi connectivity index (χ3v) is 3.83. The molecule has 0 fully saturated rings. The van der Waals surface area contributed by atoms with Crippen LogP contribution in [0.3, 0.4) is 0 Å². The van der Waals surface area contributed by atoms with Crippen LogP contribution in [0.1, 0.15) is 30.6 Å². The highest BCUT2D eigenvalue weighted by Gasteiger charge is 2.12. The number of aryl methyl sites for hydroxylation is 1. The number of nitrogens with zero attached hydrogens (tertiary/aromatic N) is 2. The van der Waals surface area contributed by atoms with E-state index >= 15 is 0 Å². The predicted octanol–water partition coefficient (Wildman–Crippen LogP) is 3.69. The summed E-state index contributed by atoms with van der Waals surface area (Å²) in [4.78, 5) is 0. The van der Waals surface area contributed by atoms with E-state index in [4.69, 9.17) is 5.73 Å². The first-order valence-electron chi connectivity index (χ1n) is 7.53. The fraction of sp³-hybridized carbons (Fsp3) is 0.278. The first-order valence-corrected chi connectivity index (χ1v) is 7.53. The third-order valence-electron chi connectivity index (χ3n) is 3.83. The Morgan fingerprint density at radius 2 is 1.90 bits per heavy atom. The fourth-order valence-electron chi connectivity index (χ4n) is 2.78. The summed E-state index contributed by atoms with van der Waals surface area (Å²) in [7, 11) is 0. The SMILES string of the molecule is CCCn1nccc1C(N)Cc1ccc2ccccc2c1. The maximum atomic E-state index is 6.39. The summed E-state index contributed by atoms with van der Waals surface area (Å²) in [6, 6.07) is 17.0. The number of nitrogens with two attached hydrogens (primary N) is 1. The van der Waals surface area contributed by atoms with Crippen LogP contribution in [0.25, 0.3) is 10.8 Å². The quantitative estimate of drug-likeness (QED) is 0.774. The summed E-state index contributed by atoms with van der Waals surface area (Å²) in [5.41, 5.74) is 8.77. The predicted molar refractivity (Wildman–Crippen MR) is 87.1 cm³/mol. The van der Waals surface area contributed by atoms with Crippen LogP contribution in [0.2, 0.25) is 0 Å². The van der Waals surface area contributed by atoms with Crippen LogP contribution >= 0.6 is 0 Å². The second-order valence-electron chi connectivity index (χ2n) is 5.47. The van der Waals surface area contributed by atoms with Crippen LogP contribution in [-0.2, 0) is 13.0 Å². The molecule has 0 saturated heterocycles. The Balaban J connectivity index is 1.82. The maximum absolute atomic E-state index is 6.39. The Morgan fingerprint density at radius 3 is 2.71 bits per heavy atom. The molecule has 3 nitrogen and oxygen atoms in total. The molecule has 3 heteroatoms. The molecule has 108 valence electrons. The molecule has 0 aliphatic rings. The molecule has 1 unspecified atom stereocenters. The molecular weight excluding hydrogens is 258 g/mol. The lowest BCUT2D eigenvalue weighted by atomic mass is 10.0. The lowest BCUT2D eigenvalue weighted by Gasteiger charge is -2.14. The molecule has 1 atom stereocenters. The van der Waals surface area contributed by atoms with Crippen LogP contribution in [0.4, 0.5) is 0 Å². The Labute approximate surface area is 125 Å². The summed E-state index contributed by atoms with van der Waals surface area (Å²) >= 11 is 0. The van der Waals surface area contributed by atoms with Gasteiger partial charge in [0.05, 0.1) is 11.7 Å². The Hall–Kier alpha value is -2.13. The number of fused-ring (bicyclic) bond motifs is 1. The minimum Gasteiger partial charge on any atom is -0.322 e. The molecule has 2 aromatic carbocycles. The van der Waals surface area contributed by atoms with E-state index in [1.165, 1.54) is 16.3 Å². The van der Waals surface area contributed by atoms with Crippen molar-refractivity contribution in [2.24, 2.45) is 5.73 Å². The molecule has 0 aliphatic heterocycles. The molecule has 0 aliphatic carbocycles. The molecule has 0 bridgehead atoms. The number of aromatic nitrogens is 2. The van der Waals surface area contributed by atoms with Gasteiger partial charge in [0, 0.05) is 12.7 Å². The van der Waals surface area contributed by atoms with Crippen molar-refractivity contribution in [3.05, 3.63) is 66.0 Å². The number of rotatable bonds is 5. The maximum Gasteiger partial charge on any atom is 0.0554 e. The summed E-state index contributed by atoms with van der Waals surface area (Å²) in [5, 5.41) is 6.89. The van der Waals surface area contributed by atoms with E-state index in [1.807, 2.05) is 16.9 Å². The van der Waals surface area contributed by atoms with Crippen molar-refractivity contribution in [1.29, 1.82) is 0 Å². The number of hydrogen-bond donors (Lipinski definition) is 1. The molecule has 3 aromatic rings. The van der Waals surface area contributed by atoms with E-state index in [9.17, 15) is 0 Å². The lowest BCUT2D eigenvalue weighted by Crippen LogP contribution is -2.18. The van der Waals surface area contributed by atoms with Gasteiger partial charge in [0.2, 0.25) is 0 Å². The van der Waals surface area contributed by atoms with E-state index in [0.717, 1.165) is 25.1 Å². The second kappa shape index (κ2) is 6.10. The van der Waals surface area contributed by atoms with Gasteiger partial charge in [-0.15, -0.1) is 0 Å². The van der Waals surface area contributed by atoms with Crippen LogP contribution in [0.5, 0.6) is 0 Å². The number of hydrogen-bond acceptors (Lipinski definition) is 2. The standard InChI is InChI=1S/C18H21N3/c1-2-11-21-18(9-10-20-21)17(19)13-14-7-8-15-5-3-4-6-16(15)12-14/h3-10,12,17H,2,11,13,19H2,1H3. The third kappa shape index (κ3) is 2.98. The van der Waals surface area contributed by atoms with Gasteiger partial charge in [0.1, 0.15) is 0 Å². The van der Waals surface area contributed by atoms with Crippen LogP contribution in [0.15, 0.2) is 54.7 Å². The van der Waals surface area contributed by atoms with Gasteiger partial charge in [0.15, 0.2) is 0 Å². The Morgan fingerprint density at radius 1 is 1.10 bits per heavy atom. The van der Waals surface area contributed by atoms with Gasteiger partial charge in [-0.05, 0) is 35.2 Å². The first-order chi connectivity index (χ1) is 10.3. The van der Waals surface area contributed by atoms with E-state index in [0.29, 0.717) is 0 Å². The topological polar surface area (TPSA) is 43.8 Å². The largest absolute Gasteiger partial charge is 0.322 e. The van der Waals surface area contributed by atoms with Crippen molar-refractivity contribution in [3.8, 4) is 0 Å². The molecule has 0 amide bonds. The van der Waals surface area contributed by atoms with Crippen molar-refractivity contribution in [2.75, 3.05) is 0 Å². The van der Waals surface area contributed by atoms with E-state index < -0.39 is 0 Å². The van der Waals surface area contributed by atoms with Gasteiger partial charge in [-0.1, -0.05) is 49.4 Å². The average molecular weight is 279 g/mol. The van der Waals surface area contributed by atoms with Crippen LogP contribution in [-0.4, -0.2) is 9.78 Å². The molecule has 1 heterocycles. The molecule has 0 spiro atoms. The first kappa shape index (κ1) is 13.8. The van der Waals surface area contributed by atoms with Gasteiger partial charge in [-0.2, -0.15) is 5.10 Å². The van der Waals surface area contributed by atoms with Gasteiger partial charge >= 0.3 is 0 Å². The van der Waals surface area contributed by atoms with Crippen LogP contribution < -0.4 is 5.73 Å². The highest BCUT2D eigenvalue weighted by molar-refractivity contribution is 5.83. The van der Waals surface area contributed by atoms with Gasteiger partial charge in [-0.3, -0.25) is 4.68 Å². The highest BCUT2D eigenvalue weighted by Crippen LogP contribution is 2.20. The molecule has 2 N–H and O–H groups in total. The van der Waals surface area contributed by atoms with Gasteiger partial charge < -0.3 is 5.73 Å². The van der Waals surface area contributed by atoms with E-state index in [-0.39, 0.29) is 6.04 Å². The monoisotopic (exact) mass is 279 g/mol. The zero-order valence-corrected chi connectivity index (χ0v) is 12.4. The Kier molecular flexibility index (Phi) is 4.02. The normalized spacial score (nSPS) is 12.7. The summed E-state index contributed by atoms with van der Waals surface area (Å²) in [6.07, 6.45) is 3.74. The van der Waals surface area contributed by atoms with Crippen molar-refractivity contribution >= 4 is 10.8 Å².